The average molecular weight is 227 g/mol. The molecule has 0 saturated heterocycles. The van der Waals surface area contributed by atoms with Crippen LogP contribution in [0, 0.1) is 5.82 Å². The first-order valence-electron chi connectivity index (χ1n) is 5.42. The van der Waals surface area contributed by atoms with Crippen LogP contribution in [0.5, 0.6) is 0 Å². The van der Waals surface area contributed by atoms with Gasteiger partial charge in [-0.1, -0.05) is 6.92 Å². The highest BCUT2D eigenvalue weighted by Crippen LogP contribution is 2.18. The minimum atomic E-state index is -0.163. The van der Waals surface area contributed by atoms with Gasteiger partial charge in [0.2, 0.25) is 0 Å². The molecule has 0 amide bonds. The molecule has 3 heteroatoms. The number of hydrogen-bond acceptors (Lipinski definition) is 2. The summed E-state index contributed by atoms with van der Waals surface area (Å²) in [5.74, 6) is 0.923. The van der Waals surface area contributed by atoms with Crippen LogP contribution in [0.1, 0.15) is 19.8 Å². The van der Waals surface area contributed by atoms with Crippen molar-refractivity contribution in [3.8, 4) is 0 Å². The Balaban J connectivity index is 2.07. The third kappa shape index (κ3) is 5.80. The van der Waals surface area contributed by atoms with E-state index in [1.807, 2.05) is 12.1 Å². The fourth-order valence-corrected chi connectivity index (χ4v) is 2.07. The summed E-state index contributed by atoms with van der Waals surface area (Å²) in [4.78, 5) is 1.15. The molecule has 1 aromatic rings. The summed E-state index contributed by atoms with van der Waals surface area (Å²) in [5.41, 5.74) is 0. The third-order valence-electron chi connectivity index (χ3n) is 2.01. The first-order valence-corrected chi connectivity index (χ1v) is 6.40. The van der Waals surface area contributed by atoms with Crippen LogP contribution in [0.25, 0.3) is 0 Å². The van der Waals surface area contributed by atoms with Gasteiger partial charge < -0.3 is 5.32 Å². The fraction of sp³-hybridized carbons (Fsp3) is 0.500. The standard InChI is InChI=1S/C12H18FNS/c1-2-8-14-9-3-10-15-12-6-4-11(13)5-7-12/h4-7,14H,2-3,8-10H2,1H3. The van der Waals surface area contributed by atoms with Crippen LogP contribution in [-0.4, -0.2) is 18.8 Å². The summed E-state index contributed by atoms with van der Waals surface area (Å²) in [6.45, 7) is 4.34. The topological polar surface area (TPSA) is 12.0 Å². The second kappa shape index (κ2) is 7.71. The van der Waals surface area contributed by atoms with Gasteiger partial charge in [0, 0.05) is 4.90 Å². The Labute approximate surface area is 95.5 Å². The summed E-state index contributed by atoms with van der Waals surface area (Å²) < 4.78 is 12.6. The Hall–Kier alpha value is -0.540. The fourth-order valence-electron chi connectivity index (χ4n) is 1.22. The highest BCUT2D eigenvalue weighted by atomic mass is 32.2. The lowest BCUT2D eigenvalue weighted by atomic mass is 10.4. The molecule has 0 aliphatic carbocycles. The van der Waals surface area contributed by atoms with Crippen molar-refractivity contribution in [2.75, 3.05) is 18.8 Å². The summed E-state index contributed by atoms with van der Waals surface area (Å²) in [6.07, 6.45) is 2.34. The van der Waals surface area contributed by atoms with E-state index in [9.17, 15) is 4.39 Å². The van der Waals surface area contributed by atoms with Crippen LogP contribution >= 0.6 is 11.8 Å². The monoisotopic (exact) mass is 227 g/mol. The smallest absolute Gasteiger partial charge is 0.123 e. The minimum Gasteiger partial charge on any atom is -0.317 e. The molecular formula is C12H18FNS. The molecule has 0 fully saturated rings. The van der Waals surface area contributed by atoms with Crippen LogP contribution in [0.4, 0.5) is 4.39 Å². The Kier molecular flexibility index (Phi) is 6.44. The second-order valence-electron chi connectivity index (χ2n) is 3.41. The summed E-state index contributed by atoms with van der Waals surface area (Å²) in [6, 6.07) is 6.69. The van der Waals surface area contributed by atoms with Crippen LogP contribution in [0.15, 0.2) is 29.2 Å². The van der Waals surface area contributed by atoms with Crippen LogP contribution in [0.3, 0.4) is 0 Å². The molecule has 0 unspecified atom stereocenters. The van der Waals surface area contributed by atoms with Gasteiger partial charge in [-0.3, -0.25) is 0 Å². The number of thioether (sulfide) groups is 1. The molecule has 84 valence electrons. The lowest BCUT2D eigenvalue weighted by Gasteiger charge is -2.03. The molecule has 0 aromatic heterocycles. The lowest BCUT2D eigenvalue weighted by Crippen LogP contribution is -2.16. The zero-order valence-electron chi connectivity index (χ0n) is 9.13. The van der Waals surface area contributed by atoms with E-state index in [-0.39, 0.29) is 5.82 Å². The highest BCUT2D eigenvalue weighted by Gasteiger charge is 1.94. The number of halogens is 1. The molecule has 0 spiro atoms. The minimum absolute atomic E-state index is 0.163. The Morgan fingerprint density at radius 1 is 1.20 bits per heavy atom. The quantitative estimate of drug-likeness (QED) is 0.566. The van der Waals surface area contributed by atoms with Crippen molar-refractivity contribution in [3.05, 3.63) is 30.1 Å². The third-order valence-corrected chi connectivity index (χ3v) is 3.11. The first kappa shape index (κ1) is 12.5. The Bertz CT molecular complexity index is 261. The lowest BCUT2D eigenvalue weighted by molar-refractivity contribution is 0.626. The van der Waals surface area contributed by atoms with Gasteiger partial charge >= 0.3 is 0 Å². The van der Waals surface area contributed by atoms with Gasteiger partial charge in [0.15, 0.2) is 0 Å². The molecule has 0 heterocycles. The van der Waals surface area contributed by atoms with E-state index in [1.54, 1.807) is 11.8 Å². The van der Waals surface area contributed by atoms with Crippen molar-refractivity contribution in [1.82, 2.24) is 5.32 Å². The highest BCUT2D eigenvalue weighted by molar-refractivity contribution is 7.99. The largest absolute Gasteiger partial charge is 0.317 e. The number of benzene rings is 1. The van der Waals surface area contributed by atoms with Crippen LogP contribution in [-0.2, 0) is 0 Å². The summed E-state index contributed by atoms with van der Waals surface area (Å²) >= 11 is 1.78. The molecule has 0 bridgehead atoms. The van der Waals surface area contributed by atoms with Crippen molar-refractivity contribution in [1.29, 1.82) is 0 Å². The molecule has 0 radical (unpaired) electrons. The van der Waals surface area contributed by atoms with Gasteiger partial charge in [-0.25, -0.2) is 4.39 Å². The maximum Gasteiger partial charge on any atom is 0.123 e. The second-order valence-corrected chi connectivity index (χ2v) is 4.57. The molecular weight excluding hydrogens is 209 g/mol. The van der Waals surface area contributed by atoms with E-state index in [1.165, 1.54) is 18.6 Å². The van der Waals surface area contributed by atoms with Gasteiger partial charge in [-0.2, -0.15) is 0 Å². The van der Waals surface area contributed by atoms with E-state index >= 15 is 0 Å². The van der Waals surface area contributed by atoms with Gasteiger partial charge in [0.1, 0.15) is 5.82 Å². The molecule has 0 atom stereocenters. The predicted octanol–water partition coefficient (Wildman–Crippen LogP) is 3.31. The normalized spacial score (nSPS) is 10.5. The Morgan fingerprint density at radius 3 is 2.60 bits per heavy atom. The van der Waals surface area contributed by atoms with Crippen molar-refractivity contribution in [2.24, 2.45) is 0 Å². The van der Waals surface area contributed by atoms with Crippen molar-refractivity contribution < 1.29 is 4.39 Å². The molecule has 1 rings (SSSR count). The van der Waals surface area contributed by atoms with Gasteiger partial charge in [-0.15, -0.1) is 11.8 Å². The van der Waals surface area contributed by atoms with Crippen LogP contribution < -0.4 is 5.32 Å². The van der Waals surface area contributed by atoms with Gasteiger partial charge in [0.05, 0.1) is 0 Å². The number of rotatable bonds is 7. The molecule has 1 N–H and O–H groups in total. The van der Waals surface area contributed by atoms with E-state index in [2.05, 4.69) is 12.2 Å². The van der Waals surface area contributed by atoms with Crippen LogP contribution in [0.2, 0.25) is 0 Å². The first-order chi connectivity index (χ1) is 7.33. The van der Waals surface area contributed by atoms with Crippen molar-refractivity contribution >= 4 is 11.8 Å². The molecule has 0 aliphatic rings. The van der Waals surface area contributed by atoms with E-state index in [0.717, 1.165) is 30.2 Å². The number of nitrogens with one attached hydrogen (secondary N) is 1. The maximum absolute atomic E-state index is 12.6. The molecule has 1 aromatic carbocycles. The maximum atomic E-state index is 12.6. The summed E-state index contributed by atoms with van der Waals surface area (Å²) in [7, 11) is 0. The molecule has 1 nitrogen and oxygen atoms in total. The number of hydrogen-bond donors (Lipinski definition) is 1. The zero-order valence-corrected chi connectivity index (χ0v) is 9.95. The Morgan fingerprint density at radius 2 is 1.93 bits per heavy atom. The SMILES string of the molecule is CCCNCCCSc1ccc(F)cc1. The predicted molar refractivity (Wildman–Crippen MR) is 64.9 cm³/mol. The molecule has 15 heavy (non-hydrogen) atoms. The van der Waals surface area contributed by atoms with Crippen molar-refractivity contribution in [3.63, 3.8) is 0 Å². The average Bonchev–Trinajstić information content (AvgIpc) is 2.26. The molecule has 0 aliphatic heterocycles. The zero-order chi connectivity index (χ0) is 10.9. The van der Waals surface area contributed by atoms with E-state index in [0.29, 0.717) is 0 Å². The molecule has 0 saturated carbocycles. The van der Waals surface area contributed by atoms with Gasteiger partial charge in [0.25, 0.3) is 0 Å². The summed E-state index contributed by atoms with van der Waals surface area (Å²) in [5, 5.41) is 3.36. The van der Waals surface area contributed by atoms with E-state index in [4.69, 9.17) is 0 Å². The van der Waals surface area contributed by atoms with E-state index < -0.39 is 0 Å². The van der Waals surface area contributed by atoms with Crippen molar-refractivity contribution in [2.45, 2.75) is 24.7 Å². The van der Waals surface area contributed by atoms with Gasteiger partial charge in [-0.05, 0) is 55.9 Å².